The van der Waals surface area contributed by atoms with Crippen molar-refractivity contribution in [3.05, 3.63) is 76.6 Å². The van der Waals surface area contributed by atoms with E-state index in [9.17, 15) is 14.7 Å². The van der Waals surface area contributed by atoms with E-state index in [-0.39, 0.29) is 24.5 Å². The molecule has 1 unspecified atom stereocenters. The maximum atomic E-state index is 14.5. The minimum Gasteiger partial charge on any atom is -0.394 e. The van der Waals surface area contributed by atoms with E-state index in [0.29, 0.717) is 43.0 Å². The Labute approximate surface area is 256 Å². The number of aliphatic hydroxyl groups is 1. The van der Waals surface area contributed by atoms with Gasteiger partial charge in [-0.25, -0.2) is 4.68 Å². The predicted octanol–water partition coefficient (Wildman–Crippen LogP) is 5.77. The number of hydrogen-bond donors (Lipinski definition) is 1. The van der Waals surface area contributed by atoms with E-state index < -0.39 is 0 Å². The number of rotatable bonds is 11. The van der Waals surface area contributed by atoms with Crippen molar-refractivity contribution in [3.8, 4) is 5.69 Å². The fourth-order valence-corrected chi connectivity index (χ4v) is 6.37. The molecular weight excluding hydrogens is 538 g/mol. The molecule has 1 aromatic heterocycles. The number of piperidine rings is 1. The highest BCUT2D eigenvalue weighted by Gasteiger charge is 2.32. The van der Waals surface area contributed by atoms with Crippen LogP contribution in [-0.4, -0.2) is 75.3 Å². The molecule has 8 nitrogen and oxygen atoms in total. The zero-order valence-corrected chi connectivity index (χ0v) is 26.1. The monoisotopic (exact) mass is 585 g/mol. The summed E-state index contributed by atoms with van der Waals surface area (Å²) in [5.41, 5.74) is 5.72. The van der Waals surface area contributed by atoms with Crippen molar-refractivity contribution in [1.82, 2.24) is 19.6 Å². The van der Waals surface area contributed by atoms with Gasteiger partial charge in [-0.15, -0.1) is 0 Å². The molecular formula is C35H47N5O3. The lowest BCUT2D eigenvalue weighted by molar-refractivity contribution is 0.0544. The molecule has 0 aliphatic carbocycles. The Morgan fingerprint density at radius 2 is 1.65 bits per heavy atom. The molecule has 2 aromatic carbocycles. The molecule has 8 heteroatoms. The summed E-state index contributed by atoms with van der Waals surface area (Å²) in [5, 5.41) is 15.2. The highest BCUT2D eigenvalue weighted by atomic mass is 16.3. The molecule has 0 saturated carbocycles. The zero-order chi connectivity index (χ0) is 30.3. The minimum atomic E-state index is -0.310. The minimum absolute atomic E-state index is 0.0606. The maximum Gasteiger partial charge on any atom is 0.274 e. The molecule has 5 rings (SSSR count). The van der Waals surface area contributed by atoms with Gasteiger partial charge in [0.25, 0.3) is 11.8 Å². The van der Waals surface area contributed by atoms with Crippen molar-refractivity contribution in [2.45, 2.75) is 84.7 Å². The third-order valence-corrected chi connectivity index (χ3v) is 8.94. The first-order chi connectivity index (χ1) is 20.9. The molecule has 1 N–H and O–H groups in total. The number of unbranched alkanes of at least 4 members (excludes halogenated alkanes) is 2. The summed E-state index contributed by atoms with van der Waals surface area (Å²) in [7, 11) is 0. The van der Waals surface area contributed by atoms with Gasteiger partial charge >= 0.3 is 0 Å². The number of aryl methyl sites for hydroxylation is 1. The van der Waals surface area contributed by atoms with Crippen LogP contribution in [0.4, 0.5) is 5.69 Å². The van der Waals surface area contributed by atoms with Gasteiger partial charge in [0.05, 0.1) is 23.9 Å². The number of aromatic nitrogens is 2. The van der Waals surface area contributed by atoms with Gasteiger partial charge in [0.1, 0.15) is 0 Å². The van der Waals surface area contributed by atoms with Gasteiger partial charge in [0, 0.05) is 44.1 Å². The number of carbonyl (C=O) groups is 2. The van der Waals surface area contributed by atoms with E-state index in [1.165, 1.54) is 12.0 Å². The molecule has 0 radical (unpaired) electrons. The van der Waals surface area contributed by atoms with E-state index >= 15 is 0 Å². The Hall–Kier alpha value is -3.65. The Balaban J connectivity index is 1.53. The van der Waals surface area contributed by atoms with E-state index in [4.69, 9.17) is 5.10 Å². The summed E-state index contributed by atoms with van der Waals surface area (Å²) < 4.78 is 1.75. The molecule has 230 valence electrons. The van der Waals surface area contributed by atoms with Crippen LogP contribution < -0.4 is 4.90 Å². The predicted molar refractivity (Wildman–Crippen MR) is 171 cm³/mol. The summed E-state index contributed by atoms with van der Waals surface area (Å²) in [6, 6.07) is 15.7. The second kappa shape index (κ2) is 14.2. The Bertz CT molecular complexity index is 1400. The fraction of sp³-hybridized carbons (Fsp3) is 0.514. The summed E-state index contributed by atoms with van der Waals surface area (Å²) >= 11 is 0. The molecule has 2 amide bonds. The number of aliphatic hydroxyl groups excluding tert-OH is 1. The first-order valence-electron chi connectivity index (χ1n) is 16.2. The van der Waals surface area contributed by atoms with Crippen LogP contribution in [0.25, 0.3) is 5.69 Å². The molecule has 0 spiro atoms. The van der Waals surface area contributed by atoms with Crippen LogP contribution >= 0.6 is 0 Å². The molecule has 1 atom stereocenters. The molecule has 2 aliphatic heterocycles. The highest BCUT2D eigenvalue weighted by Crippen LogP contribution is 2.30. The summed E-state index contributed by atoms with van der Waals surface area (Å²) in [6.45, 7) is 9.91. The van der Waals surface area contributed by atoms with Crippen LogP contribution in [0.5, 0.6) is 0 Å². The SMILES string of the molecule is CCCCN(CCCC)C(=O)c1cc(C)n(-c2ccc(N3CCCCC3)cc2C(=O)N2Cc3ccccc3CC2CO)n1. The molecule has 43 heavy (non-hydrogen) atoms. The summed E-state index contributed by atoms with van der Waals surface area (Å²) in [4.78, 5) is 34.2. The van der Waals surface area contributed by atoms with Crippen molar-refractivity contribution < 1.29 is 14.7 Å². The number of carbonyl (C=O) groups excluding carboxylic acids is 2. The van der Waals surface area contributed by atoms with E-state index in [0.717, 1.165) is 68.6 Å². The smallest absolute Gasteiger partial charge is 0.274 e. The van der Waals surface area contributed by atoms with Crippen LogP contribution in [0.15, 0.2) is 48.5 Å². The van der Waals surface area contributed by atoms with Crippen molar-refractivity contribution in [1.29, 1.82) is 0 Å². The molecule has 2 aliphatic rings. The van der Waals surface area contributed by atoms with E-state index in [2.05, 4.69) is 36.9 Å². The highest BCUT2D eigenvalue weighted by molar-refractivity contribution is 5.99. The van der Waals surface area contributed by atoms with Crippen LogP contribution in [0.2, 0.25) is 0 Å². The summed E-state index contributed by atoms with van der Waals surface area (Å²) in [5.74, 6) is -0.188. The van der Waals surface area contributed by atoms with Gasteiger partial charge in [0.15, 0.2) is 5.69 Å². The summed E-state index contributed by atoms with van der Waals surface area (Å²) in [6.07, 6.45) is 8.07. The third-order valence-electron chi connectivity index (χ3n) is 8.94. The Morgan fingerprint density at radius 3 is 2.33 bits per heavy atom. The first kappa shape index (κ1) is 30.8. The largest absolute Gasteiger partial charge is 0.394 e. The number of anilines is 1. The van der Waals surface area contributed by atoms with Gasteiger partial charge in [-0.2, -0.15) is 5.10 Å². The van der Waals surface area contributed by atoms with Gasteiger partial charge in [-0.3, -0.25) is 9.59 Å². The van der Waals surface area contributed by atoms with Crippen LogP contribution in [-0.2, 0) is 13.0 Å². The maximum absolute atomic E-state index is 14.5. The average molecular weight is 586 g/mol. The Kier molecular flexibility index (Phi) is 10.2. The Morgan fingerprint density at radius 1 is 0.953 bits per heavy atom. The van der Waals surface area contributed by atoms with Crippen LogP contribution in [0, 0.1) is 6.92 Å². The lowest BCUT2D eigenvalue weighted by Gasteiger charge is -2.37. The fourth-order valence-electron chi connectivity index (χ4n) is 6.37. The number of amides is 2. The topological polar surface area (TPSA) is 81.9 Å². The first-order valence-corrected chi connectivity index (χ1v) is 16.2. The molecule has 3 heterocycles. The van der Waals surface area contributed by atoms with Gasteiger partial charge in [-0.1, -0.05) is 51.0 Å². The third kappa shape index (κ3) is 6.80. The van der Waals surface area contributed by atoms with E-state index in [1.807, 2.05) is 47.1 Å². The quantitative estimate of drug-likeness (QED) is 0.309. The normalized spacial score (nSPS) is 16.7. The molecule has 1 saturated heterocycles. The van der Waals surface area contributed by atoms with Crippen molar-refractivity contribution in [2.24, 2.45) is 0 Å². The van der Waals surface area contributed by atoms with Crippen molar-refractivity contribution in [3.63, 3.8) is 0 Å². The lowest BCUT2D eigenvalue weighted by atomic mass is 9.93. The average Bonchev–Trinajstić information content (AvgIpc) is 3.44. The lowest BCUT2D eigenvalue weighted by Crippen LogP contribution is -2.46. The van der Waals surface area contributed by atoms with E-state index in [1.54, 1.807) is 4.68 Å². The molecule has 3 aromatic rings. The van der Waals surface area contributed by atoms with Crippen molar-refractivity contribution >= 4 is 17.5 Å². The van der Waals surface area contributed by atoms with Gasteiger partial charge < -0.3 is 19.8 Å². The van der Waals surface area contributed by atoms with Crippen LogP contribution in [0.1, 0.15) is 96.5 Å². The molecule has 0 bridgehead atoms. The number of benzene rings is 2. The zero-order valence-electron chi connectivity index (χ0n) is 26.1. The van der Waals surface area contributed by atoms with Gasteiger partial charge in [-0.05, 0) is 80.8 Å². The van der Waals surface area contributed by atoms with Gasteiger partial charge in [0.2, 0.25) is 0 Å². The van der Waals surface area contributed by atoms with Crippen molar-refractivity contribution in [2.75, 3.05) is 37.7 Å². The second-order valence-electron chi connectivity index (χ2n) is 12.1. The number of hydrogen-bond acceptors (Lipinski definition) is 5. The number of nitrogens with zero attached hydrogens (tertiary/aromatic N) is 5. The standard InChI is InChI=1S/C35H47N5O3/c1-4-6-17-38(18-7-5-2)35(43)32-21-26(3)40(36-32)33-16-15-29(37-19-11-8-12-20-37)23-31(33)34(42)39-24-28-14-10-9-13-27(28)22-30(39)25-41/h9-10,13-16,21,23,30,41H,4-8,11-12,17-20,22,24-25H2,1-3H3. The second-order valence-corrected chi connectivity index (χ2v) is 12.1. The van der Waals surface area contributed by atoms with Crippen LogP contribution in [0.3, 0.4) is 0 Å². The number of fused-ring (bicyclic) bond motifs is 1. The molecule has 1 fully saturated rings.